The van der Waals surface area contributed by atoms with Crippen molar-refractivity contribution in [1.82, 2.24) is 10.2 Å². The van der Waals surface area contributed by atoms with Crippen LogP contribution in [0, 0.1) is 0 Å². The van der Waals surface area contributed by atoms with E-state index in [4.69, 9.17) is 4.74 Å². The van der Waals surface area contributed by atoms with Crippen molar-refractivity contribution in [2.45, 2.75) is 70.6 Å². The molecule has 152 valence electrons. The van der Waals surface area contributed by atoms with Crippen LogP contribution in [0.15, 0.2) is 22.7 Å². The summed E-state index contributed by atoms with van der Waals surface area (Å²) in [5.74, 6) is 1.77. The lowest BCUT2D eigenvalue weighted by atomic mass is 9.90. The SMILES string of the molecule is CC(C)c1ccc(OCCCC(=O)Nc2nnc(C3CCCCC3)s2)c(Br)c1. The molecule has 2 aromatic rings. The highest BCUT2D eigenvalue weighted by Gasteiger charge is 2.20. The number of carbonyl (C=O) groups is 1. The average Bonchev–Trinajstić information content (AvgIpc) is 3.15. The lowest BCUT2D eigenvalue weighted by molar-refractivity contribution is -0.116. The summed E-state index contributed by atoms with van der Waals surface area (Å²) >= 11 is 5.08. The van der Waals surface area contributed by atoms with E-state index in [0.29, 0.717) is 36.4 Å². The number of anilines is 1. The van der Waals surface area contributed by atoms with Gasteiger partial charge in [0.15, 0.2) is 0 Å². The van der Waals surface area contributed by atoms with E-state index in [9.17, 15) is 4.79 Å². The second-order valence-electron chi connectivity index (χ2n) is 7.63. The minimum atomic E-state index is -0.0378. The summed E-state index contributed by atoms with van der Waals surface area (Å²) in [5.41, 5.74) is 1.27. The first kappa shape index (κ1) is 21.2. The molecule has 1 aliphatic carbocycles. The van der Waals surface area contributed by atoms with E-state index in [1.54, 1.807) is 0 Å². The lowest BCUT2D eigenvalue weighted by Crippen LogP contribution is -2.12. The van der Waals surface area contributed by atoms with Crippen LogP contribution in [0.5, 0.6) is 5.75 Å². The number of halogens is 1. The van der Waals surface area contributed by atoms with Crippen molar-refractivity contribution in [3.8, 4) is 5.75 Å². The Balaban J connectivity index is 1.39. The largest absolute Gasteiger partial charge is 0.492 e. The standard InChI is InChI=1S/C21H28BrN3O2S/c1-14(2)16-10-11-18(17(22)13-16)27-12-6-9-19(26)23-21-25-24-20(28-21)15-7-4-3-5-8-15/h10-11,13-15H,3-9,12H2,1-2H3,(H,23,25,26). The summed E-state index contributed by atoms with van der Waals surface area (Å²) in [4.78, 5) is 12.2. The number of hydrogen-bond acceptors (Lipinski definition) is 5. The molecule has 0 saturated heterocycles. The normalized spacial score (nSPS) is 15.0. The molecule has 1 amide bonds. The van der Waals surface area contributed by atoms with Crippen LogP contribution < -0.4 is 10.1 Å². The van der Waals surface area contributed by atoms with Gasteiger partial charge in [0.2, 0.25) is 11.0 Å². The second-order valence-corrected chi connectivity index (χ2v) is 9.49. The molecular weight excluding hydrogens is 438 g/mol. The Morgan fingerprint density at radius 2 is 2.07 bits per heavy atom. The zero-order valence-electron chi connectivity index (χ0n) is 16.5. The van der Waals surface area contributed by atoms with Gasteiger partial charge in [0, 0.05) is 12.3 Å². The van der Waals surface area contributed by atoms with E-state index in [-0.39, 0.29) is 5.91 Å². The van der Waals surface area contributed by atoms with Crippen molar-refractivity contribution in [3.63, 3.8) is 0 Å². The zero-order chi connectivity index (χ0) is 19.9. The molecule has 1 aromatic carbocycles. The molecule has 0 radical (unpaired) electrons. The maximum Gasteiger partial charge on any atom is 0.226 e. The van der Waals surface area contributed by atoms with Crippen LogP contribution in [0.3, 0.4) is 0 Å². The molecule has 1 heterocycles. The molecule has 28 heavy (non-hydrogen) atoms. The molecule has 1 aromatic heterocycles. The summed E-state index contributed by atoms with van der Waals surface area (Å²) < 4.78 is 6.75. The predicted molar refractivity (Wildman–Crippen MR) is 117 cm³/mol. The van der Waals surface area contributed by atoms with Gasteiger partial charge in [-0.3, -0.25) is 4.79 Å². The van der Waals surface area contributed by atoms with Crippen LogP contribution >= 0.6 is 27.3 Å². The van der Waals surface area contributed by atoms with Crippen molar-refractivity contribution in [2.24, 2.45) is 0 Å². The minimum Gasteiger partial charge on any atom is -0.492 e. The van der Waals surface area contributed by atoms with Crippen LogP contribution in [-0.2, 0) is 4.79 Å². The average molecular weight is 466 g/mol. The van der Waals surface area contributed by atoms with Gasteiger partial charge in [-0.2, -0.15) is 0 Å². The van der Waals surface area contributed by atoms with Gasteiger partial charge in [0.05, 0.1) is 11.1 Å². The first-order valence-corrected chi connectivity index (χ1v) is 11.7. The van der Waals surface area contributed by atoms with E-state index in [2.05, 4.69) is 57.4 Å². The number of rotatable bonds is 8. The first-order chi connectivity index (χ1) is 13.5. The molecule has 1 fully saturated rings. The molecule has 0 spiro atoms. The fourth-order valence-corrected chi connectivity index (χ4v) is 4.83. The third-order valence-electron chi connectivity index (χ3n) is 5.07. The van der Waals surface area contributed by atoms with Gasteiger partial charge in [0.25, 0.3) is 0 Å². The molecular formula is C21H28BrN3O2S. The second kappa shape index (κ2) is 10.3. The van der Waals surface area contributed by atoms with Crippen molar-refractivity contribution in [3.05, 3.63) is 33.2 Å². The third kappa shape index (κ3) is 6.01. The van der Waals surface area contributed by atoms with Crippen LogP contribution in [0.4, 0.5) is 5.13 Å². The molecule has 0 aliphatic heterocycles. The zero-order valence-corrected chi connectivity index (χ0v) is 18.9. The summed E-state index contributed by atoms with van der Waals surface area (Å²) in [6, 6.07) is 6.15. The Bertz CT molecular complexity index is 788. The number of amides is 1. The van der Waals surface area contributed by atoms with Crippen molar-refractivity contribution in [1.29, 1.82) is 0 Å². The van der Waals surface area contributed by atoms with Crippen LogP contribution in [0.25, 0.3) is 0 Å². The smallest absolute Gasteiger partial charge is 0.226 e. The Morgan fingerprint density at radius 1 is 1.29 bits per heavy atom. The Kier molecular flexibility index (Phi) is 7.85. The van der Waals surface area contributed by atoms with Gasteiger partial charge in [-0.05, 0) is 58.8 Å². The van der Waals surface area contributed by atoms with E-state index in [1.807, 2.05) is 6.07 Å². The fourth-order valence-electron chi connectivity index (χ4n) is 3.39. The Labute approximate surface area is 179 Å². The van der Waals surface area contributed by atoms with Gasteiger partial charge < -0.3 is 10.1 Å². The summed E-state index contributed by atoms with van der Waals surface area (Å²) in [6.45, 7) is 4.82. The highest BCUT2D eigenvalue weighted by Crippen LogP contribution is 2.35. The van der Waals surface area contributed by atoms with E-state index >= 15 is 0 Å². The van der Waals surface area contributed by atoms with Gasteiger partial charge in [-0.25, -0.2) is 0 Å². The minimum absolute atomic E-state index is 0.0378. The maximum absolute atomic E-state index is 12.2. The van der Waals surface area contributed by atoms with Crippen molar-refractivity contribution >= 4 is 38.3 Å². The molecule has 0 unspecified atom stereocenters. The lowest BCUT2D eigenvalue weighted by Gasteiger charge is -2.18. The summed E-state index contributed by atoms with van der Waals surface area (Å²) in [5, 5.41) is 13.0. The van der Waals surface area contributed by atoms with Gasteiger partial charge in [-0.15, -0.1) is 10.2 Å². The third-order valence-corrected chi connectivity index (χ3v) is 6.69. The molecule has 1 N–H and O–H groups in total. The van der Waals surface area contributed by atoms with Crippen LogP contribution in [0.1, 0.15) is 81.2 Å². The predicted octanol–water partition coefficient (Wildman–Crippen LogP) is 6.27. The molecule has 1 saturated carbocycles. The van der Waals surface area contributed by atoms with Crippen molar-refractivity contribution < 1.29 is 9.53 Å². The monoisotopic (exact) mass is 465 g/mol. The van der Waals surface area contributed by atoms with Crippen molar-refractivity contribution in [2.75, 3.05) is 11.9 Å². The van der Waals surface area contributed by atoms with Crippen LogP contribution in [0.2, 0.25) is 0 Å². The number of nitrogens with zero attached hydrogens (tertiary/aromatic N) is 2. The molecule has 1 aliphatic rings. The number of nitrogens with one attached hydrogen (secondary N) is 1. The summed E-state index contributed by atoms with van der Waals surface area (Å²) in [7, 11) is 0. The van der Waals surface area contributed by atoms with Crippen LogP contribution in [-0.4, -0.2) is 22.7 Å². The topological polar surface area (TPSA) is 64.1 Å². The molecule has 5 nitrogen and oxygen atoms in total. The quantitative estimate of drug-likeness (QED) is 0.466. The fraction of sp³-hybridized carbons (Fsp3) is 0.571. The number of carbonyl (C=O) groups excluding carboxylic acids is 1. The molecule has 0 bridgehead atoms. The Hall–Kier alpha value is -1.47. The number of ether oxygens (including phenoxy) is 1. The maximum atomic E-state index is 12.2. The summed E-state index contributed by atoms with van der Waals surface area (Å²) in [6.07, 6.45) is 7.28. The molecule has 7 heteroatoms. The van der Waals surface area contributed by atoms with Gasteiger partial charge in [-0.1, -0.05) is 50.5 Å². The number of benzene rings is 1. The van der Waals surface area contributed by atoms with Gasteiger partial charge >= 0.3 is 0 Å². The first-order valence-electron chi connectivity index (χ1n) is 10.1. The van der Waals surface area contributed by atoms with Gasteiger partial charge in [0.1, 0.15) is 10.8 Å². The number of aromatic nitrogens is 2. The van der Waals surface area contributed by atoms with E-state index < -0.39 is 0 Å². The molecule has 3 rings (SSSR count). The van der Waals surface area contributed by atoms with E-state index in [0.717, 1.165) is 15.2 Å². The highest BCUT2D eigenvalue weighted by molar-refractivity contribution is 9.10. The van der Waals surface area contributed by atoms with E-state index in [1.165, 1.54) is 49.0 Å². The molecule has 0 atom stereocenters. The number of hydrogen-bond donors (Lipinski definition) is 1. The Morgan fingerprint density at radius 3 is 2.79 bits per heavy atom. The highest BCUT2D eigenvalue weighted by atomic mass is 79.9.